The van der Waals surface area contributed by atoms with E-state index in [2.05, 4.69) is 16.8 Å². The smallest absolute Gasteiger partial charge is 0.356 e. The van der Waals surface area contributed by atoms with Crippen LogP contribution < -0.4 is 4.90 Å². The van der Waals surface area contributed by atoms with Crippen molar-refractivity contribution in [3.8, 4) is 0 Å². The van der Waals surface area contributed by atoms with Crippen LogP contribution in [0.25, 0.3) is 4.96 Å². The Hall–Kier alpha value is -1.56. The average molecular weight is 265 g/mol. The molecule has 0 saturated heterocycles. The maximum absolute atomic E-state index is 11.5. The highest BCUT2D eigenvalue weighted by atomic mass is 32.1. The predicted octanol–water partition coefficient (Wildman–Crippen LogP) is 2.47. The maximum Gasteiger partial charge on any atom is 0.356 e. The average Bonchev–Trinajstić information content (AvgIpc) is 2.94. The van der Waals surface area contributed by atoms with E-state index in [0.29, 0.717) is 17.6 Å². The number of hydrogen-bond acceptors (Lipinski definition) is 4. The molecule has 0 aliphatic heterocycles. The van der Waals surface area contributed by atoms with E-state index in [0.717, 1.165) is 30.8 Å². The molecule has 0 spiro atoms. The molecule has 6 heteroatoms. The summed E-state index contributed by atoms with van der Waals surface area (Å²) in [5, 5.41) is 11.3. The number of rotatable bonds is 5. The van der Waals surface area contributed by atoms with Crippen LogP contribution in [0.1, 0.15) is 36.7 Å². The number of hydrogen-bond donors (Lipinski definition) is 1. The van der Waals surface area contributed by atoms with Gasteiger partial charge < -0.3 is 10.0 Å². The van der Waals surface area contributed by atoms with Gasteiger partial charge in [-0.1, -0.05) is 6.92 Å². The number of aromatic carboxylic acids is 1. The zero-order valence-corrected chi connectivity index (χ0v) is 11.0. The fourth-order valence-corrected chi connectivity index (χ4v) is 2.97. The van der Waals surface area contributed by atoms with E-state index in [9.17, 15) is 9.90 Å². The number of thiazole rings is 1. The molecule has 96 valence electrons. The fourth-order valence-electron chi connectivity index (χ4n) is 2.26. The van der Waals surface area contributed by atoms with Gasteiger partial charge in [-0.2, -0.15) is 0 Å². The third kappa shape index (κ3) is 1.77. The molecule has 1 aliphatic carbocycles. The van der Waals surface area contributed by atoms with Gasteiger partial charge in [-0.3, -0.25) is 4.40 Å². The van der Waals surface area contributed by atoms with Crippen LogP contribution in [0, 0.1) is 0 Å². The van der Waals surface area contributed by atoms with Crippen molar-refractivity contribution >= 4 is 28.1 Å². The molecule has 0 amide bonds. The first-order valence-electron chi connectivity index (χ1n) is 6.18. The number of nitrogens with zero attached hydrogens (tertiary/aromatic N) is 3. The fraction of sp³-hybridized carbons (Fsp3) is 0.500. The molecule has 1 N–H and O–H groups in total. The van der Waals surface area contributed by atoms with Crippen LogP contribution >= 0.6 is 11.3 Å². The summed E-state index contributed by atoms with van der Waals surface area (Å²) in [4.78, 5) is 18.9. The van der Waals surface area contributed by atoms with Gasteiger partial charge in [0.2, 0.25) is 0 Å². The molecule has 0 unspecified atom stereocenters. The summed E-state index contributed by atoms with van der Waals surface area (Å²) in [6.07, 6.45) is 5.06. The highest BCUT2D eigenvalue weighted by molar-refractivity contribution is 7.15. The Morgan fingerprint density at radius 2 is 2.44 bits per heavy atom. The summed E-state index contributed by atoms with van der Waals surface area (Å²) in [5.74, 6) is -0.267. The molecule has 18 heavy (non-hydrogen) atoms. The van der Waals surface area contributed by atoms with Gasteiger partial charge >= 0.3 is 5.97 Å². The first-order valence-corrected chi connectivity index (χ1v) is 7.05. The zero-order chi connectivity index (χ0) is 12.7. The second-order valence-electron chi connectivity index (χ2n) is 4.57. The normalized spacial score (nSPS) is 15.2. The van der Waals surface area contributed by atoms with Gasteiger partial charge in [0, 0.05) is 24.2 Å². The van der Waals surface area contributed by atoms with Crippen LogP contribution in [-0.4, -0.2) is 33.0 Å². The lowest BCUT2D eigenvalue weighted by atomic mass is 10.3. The second kappa shape index (κ2) is 4.28. The van der Waals surface area contributed by atoms with Crippen molar-refractivity contribution in [1.29, 1.82) is 0 Å². The van der Waals surface area contributed by atoms with E-state index >= 15 is 0 Å². The summed E-state index contributed by atoms with van der Waals surface area (Å²) >= 11 is 1.47. The second-order valence-corrected chi connectivity index (χ2v) is 5.44. The lowest BCUT2D eigenvalue weighted by molar-refractivity contribution is 0.0690. The summed E-state index contributed by atoms with van der Waals surface area (Å²) in [5.41, 5.74) is 0.298. The summed E-state index contributed by atoms with van der Waals surface area (Å²) < 4.78 is 1.67. The molecule has 3 rings (SSSR count). The number of aromatic nitrogens is 2. The van der Waals surface area contributed by atoms with Crippen LogP contribution in [0.4, 0.5) is 5.82 Å². The molecule has 0 bridgehead atoms. The molecule has 1 aliphatic rings. The third-order valence-electron chi connectivity index (χ3n) is 3.17. The first kappa shape index (κ1) is 11.5. The van der Waals surface area contributed by atoms with Gasteiger partial charge in [0.1, 0.15) is 0 Å². The highest BCUT2D eigenvalue weighted by Crippen LogP contribution is 2.34. The summed E-state index contributed by atoms with van der Waals surface area (Å²) in [7, 11) is 0. The highest BCUT2D eigenvalue weighted by Gasteiger charge is 2.33. The Morgan fingerprint density at radius 1 is 1.67 bits per heavy atom. The summed E-state index contributed by atoms with van der Waals surface area (Å²) in [6, 6.07) is 0.479. The van der Waals surface area contributed by atoms with E-state index in [-0.39, 0.29) is 0 Å². The Kier molecular flexibility index (Phi) is 2.74. The van der Waals surface area contributed by atoms with Gasteiger partial charge in [0.05, 0.1) is 0 Å². The minimum Gasteiger partial charge on any atom is -0.476 e. The van der Waals surface area contributed by atoms with E-state index in [1.165, 1.54) is 11.3 Å². The lowest BCUT2D eigenvalue weighted by Gasteiger charge is -2.21. The van der Waals surface area contributed by atoms with Crippen molar-refractivity contribution in [2.75, 3.05) is 11.4 Å². The Balaban J connectivity index is 2.10. The SMILES string of the molecule is CCCN(c1nc2sccn2c1C(=O)O)C1CC1. The van der Waals surface area contributed by atoms with E-state index in [1.807, 2.05) is 5.38 Å². The Labute approximate surface area is 109 Å². The number of carboxylic acid groups (broad SMARTS) is 1. The number of carbonyl (C=O) groups is 1. The van der Waals surface area contributed by atoms with E-state index < -0.39 is 5.97 Å². The topological polar surface area (TPSA) is 57.8 Å². The van der Waals surface area contributed by atoms with Crippen LogP contribution in [0.2, 0.25) is 0 Å². The zero-order valence-electron chi connectivity index (χ0n) is 10.2. The standard InChI is InChI=1S/C12H15N3O2S/c1-2-5-14(8-3-4-8)10-9(11(16)17)15-6-7-18-12(15)13-10/h6-8H,2-5H2,1H3,(H,16,17). The van der Waals surface area contributed by atoms with Crippen molar-refractivity contribution in [1.82, 2.24) is 9.38 Å². The van der Waals surface area contributed by atoms with Gasteiger partial charge in [0.15, 0.2) is 16.5 Å². The Morgan fingerprint density at radius 3 is 3.06 bits per heavy atom. The monoisotopic (exact) mass is 265 g/mol. The molecule has 0 radical (unpaired) electrons. The minimum absolute atomic E-state index is 0.298. The Bertz CT molecular complexity index is 585. The maximum atomic E-state index is 11.5. The van der Waals surface area contributed by atoms with Crippen molar-refractivity contribution < 1.29 is 9.90 Å². The lowest BCUT2D eigenvalue weighted by Crippen LogP contribution is -2.28. The van der Waals surface area contributed by atoms with Gasteiger partial charge in [-0.25, -0.2) is 9.78 Å². The van der Waals surface area contributed by atoms with Gasteiger partial charge in [-0.15, -0.1) is 11.3 Å². The van der Waals surface area contributed by atoms with Gasteiger partial charge in [-0.05, 0) is 19.3 Å². The molecule has 2 aromatic rings. The molecule has 2 heterocycles. The summed E-state index contributed by atoms with van der Waals surface area (Å²) in [6.45, 7) is 2.98. The number of anilines is 1. The molecule has 2 aromatic heterocycles. The van der Waals surface area contributed by atoms with Crippen molar-refractivity contribution in [3.05, 3.63) is 17.3 Å². The largest absolute Gasteiger partial charge is 0.476 e. The molecule has 1 fully saturated rings. The quantitative estimate of drug-likeness (QED) is 0.902. The van der Waals surface area contributed by atoms with Crippen LogP contribution in [-0.2, 0) is 0 Å². The number of carboxylic acids is 1. The van der Waals surface area contributed by atoms with Crippen LogP contribution in [0.3, 0.4) is 0 Å². The number of fused-ring (bicyclic) bond motifs is 1. The van der Waals surface area contributed by atoms with Crippen LogP contribution in [0.5, 0.6) is 0 Å². The van der Waals surface area contributed by atoms with Crippen molar-refractivity contribution in [2.45, 2.75) is 32.2 Å². The number of imidazole rings is 1. The van der Waals surface area contributed by atoms with Crippen molar-refractivity contribution in [3.63, 3.8) is 0 Å². The molecule has 5 nitrogen and oxygen atoms in total. The first-order chi connectivity index (χ1) is 8.72. The molecular formula is C12H15N3O2S. The molecule has 0 atom stereocenters. The molecular weight excluding hydrogens is 250 g/mol. The molecule has 1 saturated carbocycles. The van der Waals surface area contributed by atoms with E-state index in [1.54, 1.807) is 10.6 Å². The predicted molar refractivity (Wildman–Crippen MR) is 70.7 cm³/mol. The van der Waals surface area contributed by atoms with Crippen LogP contribution in [0.15, 0.2) is 11.6 Å². The van der Waals surface area contributed by atoms with Gasteiger partial charge in [0.25, 0.3) is 0 Å². The minimum atomic E-state index is -0.905. The molecule has 0 aromatic carbocycles. The van der Waals surface area contributed by atoms with Crippen molar-refractivity contribution in [2.24, 2.45) is 0 Å². The third-order valence-corrected chi connectivity index (χ3v) is 3.93. The van der Waals surface area contributed by atoms with E-state index in [4.69, 9.17) is 0 Å².